The van der Waals surface area contributed by atoms with Crippen molar-refractivity contribution in [3.05, 3.63) is 0 Å². The second-order valence-corrected chi connectivity index (χ2v) is 6.14. The van der Waals surface area contributed by atoms with Gasteiger partial charge >= 0.3 is 12.1 Å². The van der Waals surface area contributed by atoms with Crippen molar-refractivity contribution in [1.29, 1.82) is 0 Å². The van der Waals surface area contributed by atoms with Crippen molar-refractivity contribution in [2.45, 2.75) is 39.7 Å². The first-order chi connectivity index (χ1) is 8.28. The van der Waals surface area contributed by atoms with Gasteiger partial charge in [-0.2, -0.15) is 0 Å². The molecule has 0 aromatic heterocycles. The van der Waals surface area contributed by atoms with Crippen LogP contribution in [-0.4, -0.2) is 42.3 Å². The van der Waals surface area contributed by atoms with Crippen LogP contribution in [0, 0.1) is 11.3 Å². The Kier molecular flexibility index (Phi) is 3.03. The molecule has 1 heterocycles. The van der Waals surface area contributed by atoms with E-state index in [-0.39, 0.29) is 18.0 Å². The maximum absolute atomic E-state index is 11.9. The molecule has 0 bridgehead atoms. The van der Waals surface area contributed by atoms with Gasteiger partial charge in [-0.3, -0.25) is 4.79 Å². The zero-order valence-electron chi connectivity index (χ0n) is 11.5. The molecule has 2 aliphatic rings. The number of ether oxygens (including phenoxy) is 2. The Hall–Kier alpha value is -1.26. The number of likely N-dealkylation sites (tertiary alicyclic amines) is 1. The molecule has 1 saturated heterocycles. The minimum atomic E-state index is -0.499. The Balaban J connectivity index is 1.94. The maximum Gasteiger partial charge on any atom is 0.410 e. The van der Waals surface area contributed by atoms with Crippen LogP contribution in [0.4, 0.5) is 4.79 Å². The second kappa shape index (κ2) is 4.14. The van der Waals surface area contributed by atoms with Gasteiger partial charge in [0.25, 0.3) is 0 Å². The molecule has 2 fully saturated rings. The first-order valence-corrected chi connectivity index (χ1v) is 6.43. The van der Waals surface area contributed by atoms with E-state index in [2.05, 4.69) is 0 Å². The van der Waals surface area contributed by atoms with Crippen LogP contribution in [-0.2, 0) is 14.3 Å². The molecule has 102 valence electrons. The molecule has 0 radical (unpaired) electrons. The van der Waals surface area contributed by atoms with E-state index in [0.29, 0.717) is 19.7 Å². The highest BCUT2D eigenvalue weighted by atomic mass is 16.6. The number of piperidine rings is 1. The van der Waals surface area contributed by atoms with Crippen LogP contribution in [0.2, 0.25) is 0 Å². The predicted molar refractivity (Wildman–Crippen MR) is 65.0 cm³/mol. The quantitative estimate of drug-likeness (QED) is 0.706. The molecule has 0 aromatic rings. The number of esters is 1. The van der Waals surface area contributed by atoms with Gasteiger partial charge in [-0.15, -0.1) is 0 Å². The van der Waals surface area contributed by atoms with Crippen molar-refractivity contribution < 1.29 is 19.1 Å². The van der Waals surface area contributed by atoms with E-state index in [1.807, 2.05) is 20.8 Å². The van der Waals surface area contributed by atoms with Crippen LogP contribution in [0.1, 0.15) is 34.1 Å². The molecule has 1 aliphatic heterocycles. The Morgan fingerprint density at radius 2 is 2.06 bits per heavy atom. The van der Waals surface area contributed by atoms with Crippen LogP contribution in [0.25, 0.3) is 0 Å². The SMILES string of the molecule is CCOC(=O)[C@@]12C[C@@H]1CN(C(=O)OC(C)(C)C)C2. The van der Waals surface area contributed by atoms with Crippen LogP contribution < -0.4 is 0 Å². The third-order valence-corrected chi connectivity index (χ3v) is 3.48. The number of hydrogen-bond acceptors (Lipinski definition) is 4. The van der Waals surface area contributed by atoms with Gasteiger partial charge in [-0.25, -0.2) is 4.79 Å². The molecule has 5 heteroatoms. The van der Waals surface area contributed by atoms with Crippen LogP contribution in [0.3, 0.4) is 0 Å². The summed E-state index contributed by atoms with van der Waals surface area (Å²) in [5.41, 5.74) is -0.937. The van der Waals surface area contributed by atoms with Crippen molar-refractivity contribution in [2.75, 3.05) is 19.7 Å². The Labute approximate surface area is 107 Å². The van der Waals surface area contributed by atoms with Gasteiger partial charge in [-0.05, 0) is 40.0 Å². The Morgan fingerprint density at radius 1 is 1.39 bits per heavy atom. The number of carbonyl (C=O) groups is 2. The summed E-state index contributed by atoms with van der Waals surface area (Å²) < 4.78 is 10.4. The summed E-state index contributed by atoms with van der Waals surface area (Å²) in [5.74, 6) is 0.0881. The zero-order chi connectivity index (χ0) is 13.6. The number of rotatable bonds is 2. The van der Waals surface area contributed by atoms with E-state index < -0.39 is 11.0 Å². The first kappa shape index (κ1) is 13.2. The Bertz CT molecular complexity index is 374. The van der Waals surface area contributed by atoms with E-state index in [1.165, 1.54) is 0 Å². The number of fused-ring (bicyclic) bond motifs is 1. The standard InChI is InChI=1S/C13H21NO4/c1-5-17-10(15)13-6-9(13)7-14(8-13)11(16)18-12(2,3)4/h9H,5-8H2,1-4H3/t9-,13-/m1/s1. The zero-order valence-corrected chi connectivity index (χ0v) is 11.5. The second-order valence-electron chi connectivity index (χ2n) is 6.14. The highest BCUT2D eigenvalue weighted by Gasteiger charge is 2.67. The van der Waals surface area contributed by atoms with Crippen molar-refractivity contribution in [3.63, 3.8) is 0 Å². The highest BCUT2D eigenvalue weighted by molar-refractivity contribution is 5.83. The van der Waals surface area contributed by atoms with Crippen LogP contribution >= 0.6 is 0 Å². The molecular formula is C13H21NO4. The monoisotopic (exact) mass is 255 g/mol. The average molecular weight is 255 g/mol. The molecule has 2 rings (SSSR count). The van der Waals surface area contributed by atoms with Crippen molar-refractivity contribution in [2.24, 2.45) is 11.3 Å². The molecule has 0 aromatic carbocycles. The molecule has 18 heavy (non-hydrogen) atoms. The summed E-state index contributed by atoms with van der Waals surface area (Å²) in [6, 6.07) is 0. The summed E-state index contributed by atoms with van der Waals surface area (Å²) in [4.78, 5) is 25.4. The normalized spacial score (nSPS) is 29.8. The van der Waals surface area contributed by atoms with Gasteiger partial charge in [0.2, 0.25) is 0 Å². The van der Waals surface area contributed by atoms with Gasteiger partial charge in [0.1, 0.15) is 5.60 Å². The first-order valence-electron chi connectivity index (χ1n) is 6.43. The molecule has 0 spiro atoms. The van der Waals surface area contributed by atoms with E-state index >= 15 is 0 Å². The van der Waals surface area contributed by atoms with Crippen molar-refractivity contribution in [1.82, 2.24) is 4.90 Å². The molecule has 1 amide bonds. The summed E-state index contributed by atoms with van der Waals surface area (Å²) in [6.45, 7) is 8.74. The van der Waals surface area contributed by atoms with Gasteiger partial charge in [-0.1, -0.05) is 0 Å². The van der Waals surface area contributed by atoms with Crippen molar-refractivity contribution in [3.8, 4) is 0 Å². The van der Waals surface area contributed by atoms with Gasteiger partial charge in [0.05, 0.1) is 12.0 Å². The fourth-order valence-corrected chi connectivity index (χ4v) is 2.54. The number of hydrogen-bond donors (Lipinski definition) is 0. The Morgan fingerprint density at radius 3 is 2.61 bits per heavy atom. The molecule has 5 nitrogen and oxygen atoms in total. The minimum Gasteiger partial charge on any atom is -0.466 e. The molecule has 2 atom stereocenters. The fourth-order valence-electron chi connectivity index (χ4n) is 2.54. The number of nitrogens with zero attached hydrogens (tertiary/aromatic N) is 1. The van der Waals surface area contributed by atoms with Crippen molar-refractivity contribution >= 4 is 12.1 Å². The van der Waals surface area contributed by atoms with Crippen LogP contribution in [0.15, 0.2) is 0 Å². The number of carbonyl (C=O) groups excluding carboxylic acids is 2. The van der Waals surface area contributed by atoms with Gasteiger partial charge < -0.3 is 14.4 Å². The molecule has 0 N–H and O–H groups in total. The molecule has 0 unspecified atom stereocenters. The minimum absolute atomic E-state index is 0.166. The van der Waals surface area contributed by atoms with Crippen LogP contribution in [0.5, 0.6) is 0 Å². The number of amides is 1. The van der Waals surface area contributed by atoms with E-state index in [9.17, 15) is 9.59 Å². The predicted octanol–water partition coefficient (Wildman–Crippen LogP) is 1.81. The third-order valence-electron chi connectivity index (χ3n) is 3.48. The fraction of sp³-hybridized carbons (Fsp3) is 0.846. The topological polar surface area (TPSA) is 55.8 Å². The largest absolute Gasteiger partial charge is 0.466 e. The summed E-state index contributed by atoms with van der Waals surface area (Å²) in [5, 5.41) is 0. The highest BCUT2D eigenvalue weighted by Crippen LogP contribution is 2.58. The molecule has 1 aliphatic carbocycles. The summed E-state index contributed by atoms with van der Waals surface area (Å²) in [6.07, 6.45) is 0.504. The van der Waals surface area contributed by atoms with E-state index in [1.54, 1.807) is 11.8 Å². The lowest BCUT2D eigenvalue weighted by molar-refractivity contribution is -0.149. The van der Waals surface area contributed by atoms with E-state index in [4.69, 9.17) is 9.47 Å². The summed E-state index contributed by atoms with van der Waals surface area (Å²) in [7, 11) is 0. The van der Waals surface area contributed by atoms with Gasteiger partial charge in [0, 0.05) is 13.1 Å². The molecule has 1 saturated carbocycles. The molecular weight excluding hydrogens is 234 g/mol. The third kappa shape index (κ3) is 2.31. The summed E-state index contributed by atoms with van der Waals surface area (Å²) >= 11 is 0. The lowest BCUT2D eigenvalue weighted by Crippen LogP contribution is -2.38. The smallest absolute Gasteiger partial charge is 0.410 e. The lowest BCUT2D eigenvalue weighted by atomic mass is 10.1. The average Bonchev–Trinajstić information content (AvgIpc) is 2.80. The van der Waals surface area contributed by atoms with E-state index in [0.717, 1.165) is 6.42 Å². The van der Waals surface area contributed by atoms with Gasteiger partial charge in [0.15, 0.2) is 0 Å². The lowest BCUT2D eigenvalue weighted by Gasteiger charge is -2.26. The maximum atomic E-state index is 11.9.